The number of carbonyl (C=O) groups is 2. The van der Waals surface area contributed by atoms with Crippen molar-refractivity contribution in [1.82, 2.24) is 10.4 Å². The third-order valence-electron chi connectivity index (χ3n) is 4.47. The van der Waals surface area contributed by atoms with E-state index in [0.29, 0.717) is 22.7 Å². The number of anilines is 1. The van der Waals surface area contributed by atoms with Gasteiger partial charge in [-0.3, -0.25) is 9.59 Å². The number of benzene rings is 2. The summed E-state index contributed by atoms with van der Waals surface area (Å²) >= 11 is 0. The molecule has 1 aliphatic heterocycles. The van der Waals surface area contributed by atoms with Crippen LogP contribution in [0.25, 0.3) is 17.0 Å². The van der Waals surface area contributed by atoms with E-state index in [0.717, 1.165) is 16.5 Å². The van der Waals surface area contributed by atoms with Crippen LogP contribution in [0.4, 0.5) is 5.69 Å². The van der Waals surface area contributed by atoms with E-state index in [9.17, 15) is 9.59 Å². The van der Waals surface area contributed by atoms with Crippen molar-refractivity contribution in [3.05, 3.63) is 65.9 Å². The molecule has 0 saturated heterocycles. The number of aromatic nitrogens is 1. The molecule has 2 amide bonds. The number of hydrogen-bond acceptors (Lipinski definition) is 4. The summed E-state index contributed by atoms with van der Waals surface area (Å²) in [7, 11) is 1.58. The lowest BCUT2D eigenvalue weighted by atomic mass is 10.0. The van der Waals surface area contributed by atoms with Gasteiger partial charge in [-0.1, -0.05) is 18.2 Å². The average molecular weight is 374 g/mol. The van der Waals surface area contributed by atoms with Crippen molar-refractivity contribution in [2.45, 2.75) is 6.42 Å². The third-order valence-corrected chi connectivity index (χ3v) is 4.47. The largest absolute Gasteiger partial charge is 0.497 e. The van der Waals surface area contributed by atoms with E-state index >= 15 is 0 Å². The molecule has 0 bridgehead atoms. The van der Waals surface area contributed by atoms with Gasteiger partial charge < -0.3 is 15.0 Å². The second-order valence-corrected chi connectivity index (χ2v) is 6.30. The first-order chi connectivity index (χ1) is 13.6. The second kappa shape index (κ2) is 7.40. The third kappa shape index (κ3) is 3.50. The second-order valence-electron chi connectivity index (χ2n) is 6.30. The highest BCUT2D eigenvalue weighted by Crippen LogP contribution is 2.23. The number of fused-ring (bicyclic) bond motifs is 1. The zero-order chi connectivity index (χ0) is 19.5. The number of amides is 2. The number of aromatic amines is 1. The summed E-state index contributed by atoms with van der Waals surface area (Å²) in [6.07, 6.45) is 3.57. The van der Waals surface area contributed by atoms with Gasteiger partial charge >= 0.3 is 0 Å². The molecule has 0 fully saturated rings. The highest BCUT2D eigenvalue weighted by atomic mass is 16.5. The van der Waals surface area contributed by atoms with Crippen molar-refractivity contribution in [1.29, 1.82) is 0 Å². The summed E-state index contributed by atoms with van der Waals surface area (Å²) in [6.45, 7) is 0. The monoisotopic (exact) mass is 374 g/mol. The molecule has 4 rings (SSSR count). The maximum atomic E-state index is 12.4. The Morgan fingerprint density at radius 2 is 1.96 bits per heavy atom. The summed E-state index contributed by atoms with van der Waals surface area (Å²) in [6, 6.07) is 14.8. The number of ether oxygens (including phenoxy) is 1. The molecule has 0 radical (unpaired) electrons. The lowest BCUT2D eigenvalue weighted by Crippen LogP contribution is -2.18. The number of hydrazone groups is 1. The predicted molar refractivity (Wildman–Crippen MR) is 108 cm³/mol. The highest BCUT2D eigenvalue weighted by Gasteiger charge is 2.25. The molecule has 1 aromatic heterocycles. The van der Waals surface area contributed by atoms with Crippen molar-refractivity contribution in [3.8, 4) is 5.75 Å². The summed E-state index contributed by atoms with van der Waals surface area (Å²) in [5, 5.41) is 7.82. The van der Waals surface area contributed by atoms with Crippen LogP contribution in [0.3, 0.4) is 0 Å². The number of rotatable bonds is 5. The summed E-state index contributed by atoms with van der Waals surface area (Å²) < 4.78 is 5.10. The molecule has 3 N–H and O–H groups in total. The van der Waals surface area contributed by atoms with E-state index < -0.39 is 0 Å². The van der Waals surface area contributed by atoms with E-state index in [-0.39, 0.29) is 18.2 Å². The quantitative estimate of drug-likeness (QED) is 0.599. The summed E-state index contributed by atoms with van der Waals surface area (Å²) in [4.78, 5) is 27.8. The van der Waals surface area contributed by atoms with Crippen molar-refractivity contribution >= 4 is 40.2 Å². The van der Waals surface area contributed by atoms with Crippen LogP contribution in [-0.2, 0) is 9.59 Å². The standard InChI is InChI=1S/C21H18N4O3/c1-28-15-8-6-14(7-9-15)23-20(26)11-19-17(21(27)25-24-19)10-13-12-22-18-5-3-2-4-16(13)18/h2-10,12,22H,11H2,1H3,(H,23,26)(H,25,27). The van der Waals surface area contributed by atoms with Gasteiger partial charge in [0.05, 0.1) is 24.8 Å². The molecule has 140 valence electrons. The van der Waals surface area contributed by atoms with E-state index in [4.69, 9.17) is 4.74 Å². The minimum absolute atomic E-state index is 0.0149. The molecule has 7 nitrogen and oxygen atoms in total. The molecular weight excluding hydrogens is 356 g/mol. The zero-order valence-electron chi connectivity index (χ0n) is 15.2. The Morgan fingerprint density at radius 1 is 1.18 bits per heavy atom. The topological polar surface area (TPSA) is 95.6 Å². The van der Waals surface area contributed by atoms with Crippen LogP contribution in [0.2, 0.25) is 0 Å². The molecule has 0 spiro atoms. The average Bonchev–Trinajstić information content (AvgIpc) is 3.27. The molecule has 7 heteroatoms. The molecular formula is C21H18N4O3. The van der Waals surface area contributed by atoms with Gasteiger partial charge in [0, 0.05) is 28.4 Å². The predicted octanol–water partition coefficient (Wildman–Crippen LogP) is 3.07. The Hall–Kier alpha value is -3.87. The van der Waals surface area contributed by atoms with Gasteiger partial charge in [-0.05, 0) is 36.4 Å². The number of H-pyrrole nitrogens is 1. The molecule has 3 aromatic rings. The van der Waals surface area contributed by atoms with E-state index in [1.54, 1.807) is 37.5 Å². The van der Waals surface area contributed by atoms with Crippen LogP contribution in [0.15, 0.2) is 65.4 Å². The normalized spacial score (nSPS) is 14.8. The van der Waals surface area contributed by atoms with Crippen LogP contribution in [0, 0.1) is 0 Å². The number of carbonyl (C=O) groups excluding carboxylic acids is 2. The Labute approximate surface area is 161 Å². The van der Waals surface area contributed by atoms with E-state index in [1.807, 2.05) is 30.5 Å². The Bertz CT molecular complexity index is 1110. The van der Waals surface area contributed by atoms with Crippen LogP contribution in [-0.4, -0.2) is 29.6 Å². The van der Waals surface area contributed by atoms with Crippen LogP contribution >= 0.6 is 0 Å². The van der Waals surface area contributed by atoms with Crippen LogP contribution < -0.4 is 15.5 Å². The van der Waals surface area contributed by atoms with Gasteiger partial charge in [0.25, 0.3) is 5.91 Å². The maximum absolute atomic E-state index is 12.4. The maximum Gasteiger partial charge on any atom is 0.273 e. The first-order valence-electron chi connectivity index (χ1n) is 8.73. The van der Waals surface area contributed by atoms with Gasteiger partial charge in [-0.25, -0.2) is 5.43 Å². The van der Waals surface area contributed by atoms with Crippen LogP contribution in [0.1, 0.15) is 12.0 Å². The van der Waals surface area contributed by atoms with Crippen LogP contribution in [0.5, 0.6) is 5.75 Å². The van der Waals surface area contributed by atoms with Gasteiger partial charge in [0.15, 0.2) is 0 Å². The number of nitrogens with one attached hydrogen (secondary N) is 3. The molecule has 0 aliphatic carbocycles. The Morgan fingerprint density at radius 3 is 2.75 bits per heavy atom. The van der Waals surface area contributed by atoms with Crippen molar-refractivity contribution in [3.63, 3.8) is 0 Å². The Balaban J connectivity index is 1.52. The zero-order valence-corrected chi connectivity index (χ0v) is 15.2. The highest BCUT2D eigenvalue weighted by molar-refractivity contribution is 6.31. The van der Waals surface area contributed by atoms with Gasteiger partial charge in [0.2, 0.25) is 5.91 Å². The molecule has 2 heterocycles. The van der Waals surface area contributed by atoms with Gasteiger partial charge in [-0.15, -0.1) is 0 Å². The van der Waals surface area contributed by atoms with Crippen molar-refractivity contribution < 1.29 is 14.3 Å². The fourth-order valence-corrected chi connectivity index (χ4v) is 3.05. The fraction of sp³-hybridized carbons (Fsp3) is 0.0952. The molecule has 0 atom stereocenters. The fourth-order valence-electron chi connectivity index (χ4n) is 3.05. The van der Waals surface area contributed by atoms with Gasteiger partial charge in [0.1, 0.15) is 5.75 Å². The Kier molecular flexibility index (Phi) is 4.63. The molecule has 1 aliphatic rings. The first kappa shape index (κ1) is 17.5. The number of para-hydroxylation sites is 1. The van der Waals surface area contributed by atoms with E-state index in [1.165, 1.54) is 0 Å². The van der Waals surface area contributed by atoms with Crippen molar-refractivity contribution in [2.24, 2.45) is 5.10 Å². The number of nitrogens with zero attached hydrogens (tertiary/aromatic N) is 1. The molecule has 28 heavy (non-hydrogen) atoms. The molecule has 0 saturated carbocycles. The summed E-state index contributed by atoms with van der Waals surface area (Å²) in [5.74, 6) is 0.125. The minimum Gasteiger partial charge on any atom is -0.497 e. The lowest BCUT2D eigenvalue weighted by Gasteiger charge is -2.06. The first-order valence-corrected chi connectivity index (χ1v) is 8.73. The van der Waals surface area contributed by atoms with Gasteiger partial charge in [-0.2, -0.15) is 5.10 Å². The number of methoxy groups -OCH3 is 1. The molecule has 0 unspecified atom stereocenters. The molecule has 2 aromatic carbocycles. The summed E-state index contributed by atoms with van der Waals surface area (Å²) in [5.41, 5.74) is 5.71. The van der Waals surface area contributed by atoms with Crippen molar-refractivity contribution in [2.75, 3.05) is 12.4 Å². The SMILES string of the molecule is COc1ccc(NC(=O)CC2=NNC(=O)C2=Cc2c[nH]c3ccccc23)cc1. The van der Waals surface area contributed by atoms with E-state index in [2.05, 4.69) is 20.8 Å². The lowest BCUT2D eigenvalue weighted by molar-refractivity contribution is -0.116. The number of hydrogen-bond donors (Lipinski definition) is 3. The minimum atomic E-state index is -0.322. The smallest absolute Gasteiger partial charge is 0.273 e.